The Hall–Kier alpha value is -2.75. The first-order valence-corrected chi connectivity index (χ1v) is 8.92. The Labute approximate surface area is 163 Å². The van der Waals surface area contributed by atoms with Crippen LogP contribution in [0, 0.1) is 11.3 Å². The number of benzene rings is 2. The Morgan fingerprint density at radius 2 is 2.11 bits per heavy atom. The number of nitrogens with zero attached hydrogens (tertiary/aromatic N) is 1. The molecule has 142 valence electrons. The molecule has 0 spiro atoms. The fourth-order valence-corrected chi connectivity index (χ4v) is 2.71. The number of nitrogens with one attached hydrogen (secondary N) is 2. The van der Waals surface area contributed by atoms with Gasteiger partial charge in [0.15, 0.2) is 0 Å². The Morgan fingerprint density at radius 3 is 2.74 bits per heavy atom. The van der Waals surface area contributed by atoms with Crippen LogP contribution in [0.3, 0.4) is 0 Å². The number of anilines is 1. The number of halogens is 1. The second-order valence-corrected chi connectivity index (χ2v) is 6.36. The molecule has 0 aliphatic rings. The van der Waals surface area contributed by atoms with Crippen molar-refractivity contribution >= 4 is 23.2 Å². The number of hydrogen-bond donors (Lipinski definition) is 3. The molecule has 0 aromatic heterocycles. The average Bonchev–Trinajstić information content (AvgIpc) is 2.71. The van der Waals surface area contributed by atoms with Crippen molar-refractivity contribution in [3.63, 3.8) is 0 Å². The summed E-state index contributed by atoms with van der Waals surface area (Å²) >= 11 is 6.01. The molecule has 2 aromatic carbocycles. The molecule has 0 aliphatic carbocycles. The number of nitriles is 1. The minimum Gasteiger partial charge on any atom is -0.495 e. The average molecular weight is 388 g/mol. The molecular weight excluding hydrogens is 366 g/mol. The van der Waals surface area contributed by atoms with Gasteiger partial charge in [0.1, 0.15) is 5.75 Å². The summed E-state index contributed by atoms with van der Waals surface area (Å²) in [6.07, 6.45) is 0.697. The number of amides is 1. The van der Waals surface area contributed by atoms with Crippen molar-refractivity contribution in [2.24, 2.45) is 0 Å². The molecule has 0 heterocycles. The second kappa shape index (κ2) is 9.81. The van der Waals surface area contributed by atoms with E-state index in [1.165, 1.54) is 13.2 Å². The maximum atomic E-state index is 12.7. The number of hydrogen-bond acceptors (Lipinski definition) is 5. The van der Waals surface area contributed by atoms with E-state index in [9.17, 15) is 9.90 Å². The van der Waals surface area contributed by atoms with E-state index in [0.717, 1.165) is 5.56 Å². The Morgan fingerprint density at radius 1 is 1.33 bits per heavy atom. The quantitative estimate of drug-likeness (QED) is 0.645. The molecule has 0 aliphatic heterocycles. The van der Waals surface area contributed by atoms with Gasteiger partial charge in [-0.05, 0) is 42.3 Å². The first-order valence-electron chi connectivity index (χ1n) is 8.54. The number of aliphatic hydroxyl groups excluding tert-OH is 1. The van der Waals surface area contributed by atoms with Crippen LogP contribution in [0.2, 0.25) is 5.02 Å². The lowest BCUT2D eigenvalue weighted by Gasteiger charge is -2.18. The molecule has 2 aromatic rings. The zero-order valence-electron chi connectivity index (χ0n) is 15.3. The first kappa shape index (κ1) is 20.6. The van der Waals surface area contributed by atoms with Crippen LogP contribution in [0.25, 0.3) is 0 Å². The zero-order valence-corrected chi connectivity index (χ0v) is 16.0. The highest BCUT2D eigenvalue weighted by atomic mass is 35.5. The first-order chi connectivity index (χ1) is 13.0. The predicted molar refractivity (Wildman–Crippen MR) is 105 cm³/mol. The van der Waals surface area contributed by atoms with E-state index in [1.54, 1.807) is 30.3 Å². The third kappa shape index (κ3) is 5.36. The van der Waals surface area contributed by atoms with E-state index in [2.05, 4.69) is 10.6 Å². The van der Waals surface area contributed by atoms with E-state index in [0.29, 0.717) is 34.0 Å². The summed E-state index contributed by atoms with van der Waals surface area (Å²) in [4.78, 5) is 12.7. The van der Waals surface area contributed by atoms with Crippen LogP contribution in [-0.2, 0) is 6.54 Å². The number of aliphatic hydroxyl groups is 1. The molecule has 27 heavy (non-hydrogen) atoms. The summed E-state index contributed by atoms with van der Waals surface area (Å²) < 4.78 is 5.18. The van der Waals surface area contributed by atoms with Gasteiger partial charge >= 0.3 is 0 Å². The van der Waals surface area contributed by atoms with Crippen molar-refractivity contribution < 1.29 is 14.6 Å². The fraction of sp³-hybridized carbons (Fsp3) is 0.300. The van der Waals surface area contributed by atoms with Crippen molar-refractivity contribution in [1.82, 2.24) is 5.32 Å². The SMILES string of the molecule is CCC(CO)Nc1ccc(C#N)cc1C(=O)NCc1ccc(Cl)c(OC)c1. The second-order valence-electron chi connectivity index (χ2n) is 5.96. The van der Waals surface area contributed by atoms with Gasteiger partial charge in [0.2, 0.25) is 0 Å². The van der Waals surface area contributed by atoms with Crippen molar-refractivity contribution in [1.29, 1.82) is 5.26 Å². The number of carbonyl (C=O) groups is 1. The van der Waals surface area contributed by atoms with Crippen molar-refractivity contribution in [2.45, 2.75) is 25.9 Å². The minimum absolute atomic E-state index is 0.0534. The maximum absolute atomic E-state index is 12.7. The van der Waals surface area contributed by atoms with Gasteiger partial charge in [-0.15, -0.1) is 0 Å². The van der Waals surface area contributed by atoms with E-state index >= 15 is 0 Å². The van der Waals surface area contributed by atoms with Crippen LogP contribution in [0.1, 0.15) is 34.8 Å². The smallest absolute Gasteiger partial charge is 0.253 e. The molecule has 0 saturated heterocycles. The molecule has 2 rings (SSSR count). The summed E-state index contributed by atoms with van der Waals surface area (Å²) in [5.74, 6) is 0.210. The summed E-state index contributed by atoms with van der Waals surface area (Å²) in [7, 11) is 1.53. The highest BCUT2D eigenvalue weighted by Gasteiger charge is 2.15. The molecule has 0 radical (unpaired) electrons. The third-order valence-electron chi connectivity index (χ3n) is 4.13. The molecular formula is C20H22ClN3O3. The molecule has 7 heteroatoms. The topological polar surface area (TPSA) is 94.4 Å². The Balaban J connectivity index is 2.20. The largest absolute Gasteiger partial charge is 0.495 e. The number of ether oxygens (including phenoxy) is 1. The van der Waals surface area contributed by atoms with Crippen molar-refractivity contribution in [3.8, 4) is 11.8 Å². The monoisotopic (exact) mass is 387 g/mol. The minimum atomic E-state index is -0.323. The predicted octanol–water partition coefficient (Wildman–Crippen LogP) is 3.33. The third-order valence-corrected chi connectivity index (χ3v) is 4.45. The van der Waals surface area contributed by atoms with Crippen LogP contribution in [0.4, 0.5) is 5.69 Å². The van der Waals surface area contributed by atoms with E-state index in [1.807, 2.05) is 13.0 Å². The van der Waals surface area contributed by atoms with E-state index < -0.39 is 0 Å². The molecule has 0 bridgehead atoms. The number of methoxy groups -OCH3 is 1. The van der Waals surface area contributed by atoms with Crippen LogP contribution in [0.5, 0.6) is 5.75 Å². The van der Waals surface area contributed by atoms with Gasteiger partial charge in [-0.3, -0.25) is 4.79 Å². The highest BCUT2D eigenvalue weighted by Crippen LogP contribution is 2.25. The highest BCUT2D eigenvalue weighted by molar-refractivity contribution is 6.32. The molecule has 0 fully saturated rings. The zero-order chi connectivity index (χ0) is 19.8. The van der Waals surface area contributed by atoms with Crippen LogP contribution in [0.15, 0.2) is 36.4 Å². The van der Waals surface area contributed by atoms with Crippen molar-refractivity contribution in [3.05, 3.63) is 58.1 Å². The fourth-order valence-electron chi connectivity index (χ4n) is 2.52. The standard InChI is InChI=1S/C20H22ClN3O3/c1-3-15(12-25)24-18-7-5-13(10-22)8-16(18)20(26)23-11-14-4-6-17(21)19(9-14)27-2/h4-9,15,24-25H,3,11-12H2,1-2H3,(H,23,26). The van der Waals surface area contributed by atoms with Gasteiger partial charge in [-0.2, -0.15) is 5.26 Å². The molecule has 3 N–H and O–H groups in total. The summed E-state index contributed by atoms with van der Waals surface area (Å²) in [5, 5.41) is 25.0. The lowest BCUT2D eigenvalue weighted by molar-refractivity contribution is 0.0951. The molecule has 6 nitrogen and oxygen atoms in total. The maximum Gasteiger partial charge on any atom is 0.253 e. The normalized spacial score (nSPS) is 11.4. The van der Waals surface area contributed by atoms with Gasteiger partial charge in [0.05, 0.1) is 35.9 Å². The van der Waals surface area contributed by atoms with Crippen LogP contribution < -0.4 is 15.4 Å². The molecule has 0 saturated carbocycles. The van der Waals surface area contributed by atoms with Gasteiger partial charge in [0.25, 0.3) is 5.91 Å². The van der Waals surface area contributed by atoms with Crippen LogP contribution >= 0.6 is 11.6 Å². The number of carbonyl (C=O) groups excluding carboxylic acids is 1. The van der Waals surface area contributed by atoms with Gasteiger partial charge in [-0.1, -0.05) is 24.6 Å². The molecule has 1 atom stereocenters. The van der Waals surface area contributed by atoms with E-state index in [4.69, 9.17) is 21.6 Å². The summed E-state index contributed by atoms with van der Waals surface area (Å²) in [6, 6.07) is 12.0. The summed E-state index contributed by atoms with van der Waals surface area (Å²) in [5.41, 5.74) is 2.14. The van der Waals surface area contributed by atoms with Gasteiger partial charge in [-0.25, -0.2) is 0 Å². The summed E-state index contributed by atoms with van der Waals surface area (Å²) in [6.45, 7) is 2.16. The van der Waals surface area contributed by atoms with E-state index in [-0.39, 0.29) is 25.1 Å². The lowest BCUT2D eigenvalue weighted by Crippen LogP contribution is -2.27. The van der Waals surface area contributed by atoms with Crippen molar-refractivity contribution in [2.75, 3.05) is 19.0 Å². The lowest BCUT2D eigenvalue weighted by atomic mass is 10.1. The Kier molecular flexibility index (Phi) is 7.47. The Bertz CT molecular complexity index is 845. The van der Waals surface area contributed by atoms with Gasteiger partial charge < -0.3 is 20.5 Å². The molecule has 1 unspecified atom stereocenters. The molecule has 1 amide bonds. The number of rotatable bonds is 8. The van der Waals surface area contributed by atoms with Gasteiger partial charge in [0, 0.05) is 18.3 Å². The van der Waals surface area contributed by atoms with Crippen LogP contribution in [-0.4, -0.2) is 30.8 Å².